The second-order valence-corrected chi connectivity index (χ2v) is 3.99. The smallest absolute Gasteiger partial charge is 0.330 e. The number of carbonyl (C=O) groups is 1. The van der Waals surface area contributed by atoms with Crippen molar-refractivity contribution in [2.45, 2.75) is 26.2 Å². The third kappa shape index (κ3) is 3.74. The summed E-state index contributed by atoms with van der Waals surface area (Å²) < 4.78 is 4.98. The highest BCUT2D eigenvalue weighted by molar-refractivity contribution is 5.81. The van der Waals surface area contributed by atoms with Crippen LogP contribution in [0.3, 0.4) is 0 Å². The molecule has 1 aliphatic rings. The van der Waals surface area contributed by atoms with Crippen molar-refractivity contribution in [3.8, 4) is 0 Å². The van der Waals surface area contributed by atoms with Crippen LogP contribution in [0.25, 0.3) is 0 Å². The van der Waals surface area contributed by atoms with Gasteiger partial charge in [-0.3, -0.25) is 0 Å². The molecule has 82 valence electrons. The van der Waals surface area contributed by atoms with E-state index in [2.05, 4.69) is 26.2 Å². The van der Waals surface area contributed by atoms with Crippen molar-refractivity contribution in [2.75, 3.05) is 6.61 Å². The second kappa shape index (κ2) is 5.54. The average molecular weight is 206 g/mol. The zero-order chi connectivity index (χ0) is 11.3. The van der Waals surface area contributed by atoms with E-state index in [1.807, 2.05) is 0 Å². The van der Waals surface area contributed by atoms with Gasteiger partial charge in [0.15, 0.2) is 0 Å². The first-order valence-corrected chi connectivity index (χ1v) is 5.26. The fraction of sp³-hybridized carbons (Fsp3) is 0.462. The molecular formula is C13H18O2. The van der Waals surface area contributed by atoms with E-state index in [9.17, 15) is 4.79 Å². The summed E-state index contributed by atoms with van der Waals surface area (Å²) in [5.41, 5.74) is 2.45. The van der Waals surface area contributed by atoms with Gasteiger partial charge in [-0.05, 0) is 37.7 Å². The third-order valence-electron chi connectivity index (χ3n) is 2.77. The summed E-state index contributed by atoms with van der Waals surface area (Å²) in [6.45, 7) is 9.80. The highest BCUT2D eigenvalue weighted by atomic mass is 16.5. The number of ether oxygens (including phenoxy) is 1. The molecule has 1 aliphatic carbocycles. The number of rotatable bonds is 4. The van der Waals surface area contributed by atoms with Crippen molar-refractivity contribution in [1.29, 1.82) is 0 Å². The molecule has 0 radical (unpaired) electrons. The van der Waals surface area contributed by atoms with Crippen LogP contribution < -0.4 is 0 Å². The van der Waals surface area contributed by atoms with Crippen LogP contribution >= 0.6 is 0 Å². The van der Waals surface area contributed by atoms with Gasteiger partial charge in [0.25, 0.3) is 0 Å². The third-order valence-corrected chi connectivity index (χ3v) is 2.77. The molecule has 0 bridgehead atoms. The van der Waals surface area contributed by atoms with Gasteiger partial charge in [0.1, 0.15) is 6.61 Å². The molecule has 0 unspecified atom stereocenters. The summed E-state index contributed by atoms with van der Waals surface area (Å²) in [5.74, 6) is 0.252. The summed E-state index contributed by atoms with van der Waals surface area (Å²) in [7, 11) is 0. The predicted octanol–water partition coefficient (Wildman–Crippen LogP) is 3.02. The van der Waals surface area contributed by atoms with Crippen molar-refractivity contribution in [3.63, 3.8) is 0 Å². The van der Waals surface area contributed by atoms with Crippen LogP contribution in [-0.4, -0.2) is 12.6 Å². The van der Waals surface area contributed by atoms with Gasteiger partial charge in [0.05, 0.1) is 0 Å². The highest BCUT2D eigenvalue weighted by Gasteiger charge is 2.15. The Labute approximate surface area is 91.3 Å². The van der Waals surface area contributed by atoms with E-state index in [4.69, 9.17) is 4.74 Å². The minimum Gasteiger partial charge on any atom is -0.458 e. The number of esters is 1. The Morgan fingerprint density at radius 1 is 1.73 bits per heavy atom. The van der Waals surface area contributed by atoms with Crippen LogP contribution in [0.15, 0.2) is 36.5 Å². The summed E-state index contributed by atoms with van der Waals surface area (Å²) in [4.78, 5) is 10.8. The fourth-order valence-corrected chi connectivity index (χ4v) is 1.69. The zero-order valence-corrected chi connectivity index (χ0v) is 9.29. The first-order valence-electron chi connectivity index (χ1n) is 5.26. The quantitative estimate of drug-likeness (QED) is 0.401. The Kier molecular flexibility index (Phi) is 4.35. The molecule has 0 saturated carbocycles. The van der Waals surface area contributed by atoms with E-state index < -0.39 is 0 Å². The fourth-order valence-electron chi connectivity index (χ4n) is 1.69. The summed E-state index contributed by atoms with van der Waals surface area (Å²) in [6.07, 6.45) is 6.50. The monoisotopic (exact) mass is 206 g/mol. The molecule has 0 N–H and O–H groups in total. The Hall–Kier alpha value is -1.31. The number of allylic oxidation sites excluding steroid dienone is 2. The lowest BCUT2D eigenvalue weighted by atomic mass is 9.86. The molecule has 1 atom stereocenters. The van der Waals surface area contributed by atoms with Gasteiger partial charge in [-0.2, -0.15) is 0 Å². The normalized spacial score (nSPS) is 20.3. The predicted molar refractivity (Wildman–Crippen MR) is 61.4 cm³/mol. The molecule has 1 rings (SSSR count). The lowest BCUT2D eigenvalue weighted by Gasteiger charge is -2.21. The van der Waals surface area contributed by atoms with Crippen LogP contribution in [0.4, 0.5) is 0 Å². The first-order chi connectivity index (χ1) is 7.13. The van der Waals surface area contributed by atoms with Gasteiger partial charge >= 0.3 is 5.97 Å². The Morgan fingerprint density at radius 2 is 2.47 bits per heavy atom. The van der Waals surface area contributed by atoms with Crippen LogP contribution in [0.2, 0.25) is 0 Å². The highest BCUT2D eigenvalue weighted by Crippen LogP contribution is 2.28. The van der Waals surface area contributed by atoms with Crippen LogP contribution in [0, 0.1) is 5.92 Å². The summed E-state index contributed by atoms with van der Waals surface area (Å²) >= 11 is 0. The van der Waals surface area contributed by atoms with Gasteiger partial charge in [0.2, 0.25) is 0 Å². The van der Waals surface area contributed by atoms with Crippen LogP contribution in [0.1, 0.15) is 26.2 Å². The van der Waals surface area contributed by atoms with E-state index in [-0.39, 0.29) is 5.97 Å². The first kappa shape index (κ1) is 11.8. The lowest BCUT2D eigenvalue weighted by Crippen LogP contribution is -2.11. The van der Waals surface area contributed by atoms with E-state index in [1.54, 1.807) is 0 Å². The van der Waals surface area contributed by atoms with E-state index in [1.165, 1.54) is 17.2 Å². The van der Waals surface area contributed by atoms with Crippen molar-refractivity contribution < 1.29 is 9.53 Å². The minimum atomic E-state index is -0.349. The molecule has 15 heavy (non-hydrogen) atoms. The number of hydrogen-bond acceptors (Lipinski definition) is 2. The molecule has 0 aromatic rings. The molecule has 0 amide bonds. The van der Waals surface area contributed by atoms with Gasteiger partial charge in [-0.1, -0.05) is 24.8 Å². The van der Waals surface area contributed by atoms with Gasteiger partial charge in [-0.25, -0.2) is 4.79 Å². The average Bonchev–Trinajstić information content (AvgIpc) is 2.26. The van der Waals surface area contributed by atoms with E-state index in [0.717, 1.165) is 19.3 Å². The van der Waals surface area contributed by atoms with E-state index in [0.29, 0.717) is 12.5 Å². The molecule has 0 fully saturated rings. The summed E-state index contributed by atoms with van der Waals surface area (Å²) in [5, 5.41) is 0. The maximum absolute atomic E-state index is 10.8. The topological polar surface area (TPSA) is 26.3 Å². The molecule has 0 spiro atoms. The van der Waals surface area contributed by atoms with Gasteiger partial charge in [-0.15, -0.1) is 0 Å². The Morgan fingerprint density at radius 3 is 2.93 bits per heavy atom. The maximum atomic E-state index is 10.8. The van der Waals surface area contributed by atoms with Crippen molar-refractivity contribution in [2.24, 2.45) is 5.92 Å². The van der Waals surface area contributed by atoms with Crippen LogP contribution in [-0.2, 0) is 9.53 Å². The van der Waals surface area contributed by atoms with Crippen molar-refractivity contribution >= 4 is 5.97 Å². The van der Waals surface area contributed by atoms with Gasteiger partial charge < -0.3 is 4.74 Å². The van der Waals surface area contributed by atoms with Crippen LogP contribution in [0.5, 0.6) is 0 Å². The largest absolute Gasteiger partial charge is 0.458 e. The summed E-state index contributed by atoms with van der Waals surface area (Å²) in [6, 6.07) is 0. The molecular weight excluding hydrogens is 188 g/mol. The molecule has 0 heterocycles. The Balaban J connectivity index is 2.37. The standard InChI is InChI=1S/C13H18O2/c1-4-13(14)15-9-11-5-7-12(8-6-11)10(2)3/h4-5,12H,1-2,6-9H2,3H3/t12-/m1/s1. The molecule has 0 aliphatic heterocycles. The van der Waals surface area contributed by atoms with Crippen molar-refractivity contribution in [1.82, 2.24) is 0 Å². The molecule has 0 saturated heterocycles. The van der Waals surface area contributed by atoms with E-state index >= 15 is 0 Å². The SMILES string of the molecule is C=CC(=O)OCC1=CC[C@@H](C(=C)C)CC1. The molecule has 2 heteroatoms. The molecule has 0 aromatic heterocycles. The second-order valence-electron chi connectivity index (χ2n) is 3.99. The molecule has 0 aromatic carbocycles. The minimum absolute atomic E-state index is 0.349. The Bertz CT molecular complexity index is 300. The van der Waals surface area contributed by atoms with Crippen molar-refractivity contribution in [3.05, 3.63) is 36.5 Å². The zero-order valence-electron chi connectivity index (χ0n) is 9.29. The maximum Gasteiger partial charge on any atom is 0.330 e. The molecule has 2 nitrogen and oxygen atoms in total. The number of carbonyl (C=O) groups excluding carboxylic acids is 1. The van der Waals surface area contributed by atoms with Gasteiger partial charge in [0, 0.05) is 6.08 Å². The lowest BCUT2D eigenvalue weighted by molar-refractivity contribution is -0.136. The number of hydrogen-bond donors (Lipinski definition) is 0.